The van der Waals surface area contributed by atoms with Crippen molar-refractivity contribution in [2.45, 2.75) is 44.9 Å². The zero-order valence-electron chi connectivity index (χ0n) is 15.1. The summed E-state index contributed by atoms with van der Waals surface area (Å²) >= 11 is 1.57. The lowest BCUT2D eigenvalue weighted by atomic mass is 10.1. The Hall–Kier alpha value is -1.21. The van der Waals surface area contributed by atoms with E-state index in [1.54, 1.807) is 11.8 Å². The van der Waals surface area contributed by atoms with Crippen molar-refractivity contribution in [3.05, 3.63) is 29.3 Å². The summed E-state index contributed by atoms with van der Waals surface area (Å²) < 4.78 is 28.7. The van der Waals surface area contributed by atoms with E-state index in [1.165, 1.54) is 5.56 Å². The predicted octanol–water partition coefficient (Wildman–Crippen LogP) is 2.50. The van der Waals surface area contributed by atoms with Gasteiger partial charge in [0.2, 0.25) is 5.91 Å². The van der Waals surface area contributed by atoms with Gasteiger partial charge >= 0.3 is 0 Å². The van der Waals surface area contributed by atoms with Gasteiger partial charge in [-0.05, 0) is 56.6 Å². The molecule has 0 spiro atoms. The summed E-state index contributed by atoms with van der Waals surface area (Å²) in [6, 6.07) is 5.92. The van der Waals surface area contributed by atoms with Gasteiger partial charge in [0.05, 0.1) is 23.4 Å². The highest BCUT2D eigenvalue weighted by molar-refractivity contribution is 8.00. The van der Waals surface area contributed by atoms with Gasteiger partial charge < -0.3 is 10.1 Å². The molecule has 0 radical (unpaired) electrons. The summed E-state index contributed by atoms with van der Waals surface area (Å²) in [6.07, 6.45) is 1.38. The van der Waals surface area contributed by atoms with E-state index in [4.69, 9.17) is 4.74 Å². The van der Waals surface area contributed by atoms with Crippen molar-refractivity contribution in [3.63, 3.8) is 0 Å². The van der Waals surface area contributed by atoms with Crippen molar-refractivity contribution in [1.82, 2.24) is 5.32 Å². The lowest BCUT2D eigenvalue weighted by Crippen LogP contribution is -2.40. The van der Waals surface area contributed by atoms with Crippen molar-refractivity contribution in [3.8, 4) is 5.75 Å². The minimum atomic E-state index is -2.96. The van der Waals surface area contributed by atoms with Crippen LogP contribution in [0.5, 0.6) is 5.75 Å². The number of ether oxygens (including phenoxy) is 1. The molecule has 25 heavy (non-hydrogen) atoms. The summed E-state index contributed by atoms with van der Waals surface area (Å²) in [6.45, 7) is 6.54. The molecule has 0 saturated carbocycles. The summed E-state index contributed by atoms with van der Waals surface area (Å²) in [4.78, 5) is 12.1. The molecule has 1 aromatic rings. The van der Waals surface area contributed by atoms with Crippen LogP contribution in [0, 0.1) is 13.8 Å². The molecule has 1 saturated heterocycles. The molecule has 0 aliphatic carbocycles. The van der Waals surface area contributed by atoms with Crippen LogP contribution in [0.3, 0.4) is 0 Å². The van der Waals surface area contributed by atoms with Gasteiger partial charge in [0.15, 0.2) is 9.84 Å². The number of carbonyl (C=O) groups is 1. The average Bonchev–Trinajstić information content (AvgIpc) is 2.88. The number of sulfone groups is 1. The van der Waals surface area contributed by atoms with Crippen LogP contribution in [0.15, 0.2) is 18.2 Å². The van der Waals surface area contributed by atoms with Crippen LogP contribution < -0.4 is 10.1 Å². The number of carbonyl (C=O) groups excluding carboxylic acids is 1. The molecular weight excluding hydrogens is 358 g/mol. The van der Waals surface area contributed by atoms with E-state index in [-0.39, 0.29) is 28.7 Å². The Labute approximate surface area is 154 Å². The van der Waals surface area contributed by atoms with Crippen molar-refractivity contribution in [2.24, 2.45) is 0 Å². The van der Waals surface area contributed by atoms with E-state index < -0.39 is 9.84 Å². The summed E-state index contributed by atoms with van der Waals surface area (Å²) in [5, 5.41) is 2.65. The quantitative estimate of drug-likeness (QED) is 0.696. The molecule has 1 fully saturated rings. The first kappa shape index (κ1) is 20.1. The standard InChI is InChI=1S/C18H27NO4S2/c1-13-5-6-14(2)17(11-13)23-8-4-9-24-15(3)18(20)19-16-7-10-25(21,22)12-16/h5-6,11,15-16H,4,7-10,12H2,1-3H3,(H,19,20)/t15-,16-/m0/s1. The van der Waals surface area contributed by atoms with Crippen LogP contribution in [0.25, 0.3) is 0 Å². The van der Waals surface area contributed by atoms with E-state index in [0.717, 1.165) is 23.5 Å². The molecule has 1 aliphatic heterocycles. The number of rotatable bonds is 8. The Morgan fingerprint density at radius 1 is 1.40 bits per heavy atom. The maximum atomic E-state index is 12.1. The molecule has 0 bridgehead atoms. The Morgan fingerprint density at radius 3 is 2.84 bits per heavy atom. The molecule has 0 unspecified atom stereocenters. The van der Waals surface area contributed by atoms with E-state index in [2.05, 4.69) is 17.4 Å². The van der Waals surface area contributed by atoms with Gasteiger partial charge in [-0.3, -0.25) is 4.79 Å². The third kappa shape index (κ3) is 6.55. The molecule has 2 atom stereocenters. The summed E-state index contributed by atoms with van der Waals surface area (Å²) in [5.74, 6) is 1.90. The predicted molar refractivity (Wildman–Crippen MR) is 103 cm³/mol. The highest BCUT2D eigenvalue weighted by atomic mass is 32.2. The van der Waals surface area contributed by atoms with Gasteiger partial charge in [-0.2, -0.15) is 0 Å². The first-order valence-electron chi connectivity index (χ1n) is 8.59. The monoisotopic (exact) mass is 385 g/mol. The number of benzene rings is 1. The van der Waals surface area contributed by atoms with Gasteiger partial charge in [-0.1, -0.05) is 12.1 Å². The third-order valence-corrected chi connectivity index (χ3v) is 7.21. The number of hydrogen-bond acceptors (Lipinski definition) is 5. The van der Waals surface area contributed by atoms with Crippen LogP contribution >= 0.6 is 11.8 Å². The second-order valence-corrected chi connectivity index (χ2v) is 10.3. The van der Waals surface area contributed by atoms with E-state index >= 15 is 0 Å². The fourth-order valence-electron chi connectivity index (χ4n) is 2.67. The van der Waals surface area contributed by atoms with Gasteiger partial charge in [-0.15, -0.1) is 11.8 Å². The Kier molecular flexibility index (Phi) is 7.19. The topological polar surface area (TPSA) is 72.5 Å². The van der Waals surface area contributed by atoms with Crippen LogP contribution in [0.2, 0.25) is 0 Å². The fourth-order valence-corrected chi connectivity index (χ4v) is 5.20. The minimum Gasteiger partial charge on any atom is -0.493 e. The molecule has 0 aromatic heterocycles. The minimum absolute atomic E-state index is 0.0693. The smallest absolute Gasteiger partial charge is 0.233 e. The van der Waals surface area contributed by atoms with E-state index in [0.29, 0.717) is 13.0 Å². The average molecular weight is 386 g/mol. The highest BCUT2D eigenvalue weighted by Gasteiger charge is 2.29. The second kappa shape index (κ2) is 8.94. The van der Waals surface area contributed by atoms with Crippen LogP contribution in [-0.4, -0.2) is 49.5 Å². The van der Waals surface area contributed by atoms with E-state index in [9.17, 15) is 13.2 Å². The maximum Gasteiger partial charge on any atom is 0.233 e. The Bertz CT molecular complexity index is 703. The van der Waals surface area contributed by atoms with Crippen molar-refractivity contribution < 1.29 is 17.9 Å². The summed E-state index contributed by atoms with van der Waals surface area (Å²) in [5.41, 5.74) is 2.30. The second-order valence-electron chi connectivity index (χ2n) is 6.59. The molecular formula is C18H27NO4S2. The van der Waals surface area contributed by atoms with Gasteiger partial charge in [0, 0.05) is 6.04 Å². The lowest BCUT2D eigenvalue weighted by Gasteiger charge is -2.16. The molecule has 1 aromatic carbocycles. The first-order valence-corrected chi connectivity index (χ1v) is 11.5. The number of aryl methyl sites for hydroxylation is 2. The Balaban J connectivity index is 1.64. The molecule has 140 valence electrons. The van der Waals surface area contributed by atoms with Crippen molar-refractivity contribution >= 4 is 27.5 Å². The van der Waals surface area contributed by atoms with Crippen molar-refractivity contribution in [1.29, 1.82) is 0 Å². The van der Waals surface area contributed by atoms with Crippen LogP contribution in [0.4, 0.5) is 0 Å². The lowest BCUT2D eigenvalue weighted by molar-refractivity contribution is -0.120. The molecule has 2 rings (SSSR count). The molecule has 1 N–H and O–H groups in total. The largest absolute Gasteiger partial charge is 0.493 e. The van der Waals surface area contributed by atoms with Gasteiger partial charge in [-0.25, -0.2) is 8.42 Å². The third-order valence-electron chi connectivity index (χ3n) is 4.21. The van der Waals surface area contributed by atoms with Gasteiger partial charge in [0.25, 0.3) is 0 Å². The first-order chi connectivity index (χ1) is 11.8. The highest BCUT2D eigenvalue weighted by Crippen LogP contribution is 2.20. The molecule has 1 amide bonds. The summed E-state index contributed by atoms with van der Waals surface area (Å²) in [7, 11) is -2.96. The fraction of sp³-hybridized carbons (Fsp3) is 0.611. The van der Waals surface area contributed by atoms with Gasteiger partial charge in [0.1, 0.15) is 5.75 Å². The number of amides is 1. The number of hydrogen-bond donors (Lipinski definition) is 1. The van der Waals surface area contributed by atoms with Crippen LogP contribution in [0.1, 0.15) is 30.9 Å². The molecule has 7 heteroatoms. The number of nitrogens with one attached hydrogen (secondary N) is 1. The molecule has 1 aliphatic rings. The maximum absolute atomic E-state index is 12.1. The SMILES string of the molecule is Cc1ccc(C)c(OCCCS[C@@H](C)C(=O)N[C@H]2CCS(=O)(=O)C2)c1. The normalized spacial score (nSPS) is 20.2. The van der Waals surface area contributed by atoms with E-state index in [1.807, 2.05) is 26.8 Å². The number of thioether (sulfide) groups is 1. The molecule has 5 nitrogen and oxygen atoms in total. The Morgan fingerprint density at radius 2 is 2.16 bits per heavy atom. The molecule has 1 heterocycles. The zero-order valence-corrected chi connectivity index (χ0v) is 16.7. The van der Waals surface area contributed by atoms with Crippen LogP contribution in [-0.2, 0) is 14.6 Å². The van der Waals surface area contributed by atoms with Crippen molar-refractivity contribution in [2.75, 3.05) is 23.9 Å². The zero-order chi connectivity index (χ0) is 18.4.